The summed E-state index contributed by atoms with van der Waals surface area (Å²) in [6.07, 6.45) is 0. The van der Waals surface area contributed by atoms with Crippen LogP contribution in [0.25, 0.3) is 0 Å². The van der Waals surface area contributed by atoms with E-state index in [1.165, 1.54) is 12.1 Å². The largest absolute Gasteiger partial charge is 0.508 e. The summed E-state index contributed by atoms with van der Waals surface area (Å²) in [4.78, 5) is 2.10. The van der Waals surface area contributed by atoms with E-state index in [9.17, 15) is 13.9 Å². The minimum atomic E-state index is -0.830. The van der Waals surface area contributed by atoms with Gasteiger partial charge < -0.3 is 10.0 Å². The maximum atomic E-state index is 13.4. The molecule has 2 nitrogen and oxygen atoms in total. The van der Waals surface area contributed by atoms with Gasteiger partial charge in [-0.05, 0) is 48.0 Å². The molecule has 1 aliphatic heterocycles. The molecular formula is C16H15F2NO. The average molecular weight is 275 g/mol. The van der Waals surface area contributed by atoms with Gasteiger partial charge in [-0.25, -0.2) is 8.78 Å². The molecule has 0 aromatic heterocycles. The normalized spacial score (nSPS) is 18.9. The van der Waals surface area contributed by atoms with Crippen molar-refractivity contribution in [2.75, 3.05) is 13.6 Å². The number of fused-ring (bicyclic) bond motifs is 1. The smallest absolute Gasteiger partial charge is 0.159 e. The predicted molar refractivity (Wildman–Crippen MR) is 72.6 cm³/mol. The minimum Gasteiger partial charge on any atom is -0.508 e. The molecule has 1 heterocycles. The molecule has 1 N–H and O–H groups in total. The lowest BCUT2D eigenvalue weighted by atomic mass is 9.84. The summed E-state index contributed by atoms with van der Waals surface area (Å²) in [5.74, 6) is -1.44. The minimum absolute atomic E-state index is 0.0144. The zero-order valence-electron chi connectivity index (χ0n) is 11.1. The third-order valence-corrected chi connectivity index (χ3v) is 3.78. The molecule has 1 atom stereocenters. The molecule has 4 heteroatoms. The first-order valence-electron chi connectivity index (χ1n) is 6.50. The van der Waals surface area contributed by atoms with Crippen molar-refractivity contribution in [3.8, 4) is 5.75 Å². The van der Waals surface area contributed by atoms with Gasteiger partial charge in [-0.15, -0.1) is 0 Å². The van der Waals surface area contributed by atoms with Crippen molar-refractivity contribution < 1.29 is 13.9 Å². The van der Waals surface area contributed by atoms with Gasteiger partial charge in [0, 0.05) is 19.0 Å². The zero-order chi connectivity index (χ0) is 14.3. The number of aromatic hydroxyl groups is 1. The van der Waals surface area contributed by atoms with Gasteiger partial charge in [0.25, 0.3) is 0 Å². The van der Waals surface area contributed by atoms with Crippen molar-refractivity contribution in [2.24, 2.45) is 0 Å². The zero-order valence-corrected chi connectivity index (χ0v) is 11.1. The highest BCUT2D eigenvalue weighted by atomic mass is 19.2. The van der Waals surface area contributed by atoms with Crippen molar-refractivity contribution in [1.82, 2.24) is 4.90 Å². The molecular weight excluding hydrogens is 260 g/mol. The van der Waals surface area contributed by atoms with Crippen molar-refractivity contribution in [1.29, 1.82) is 0 Å². The quantitative estimate of drug-likeness (QED) is 0.863. The SMILES string of the molecule is CN1Cc2cc(O)ccc2[C@H](c2ccc(F)c(F)c2)C1. The molecule has 0 unspecified atom stereocenters. The number of hydrogen-bond acceptors (Lipinski definition) is 2. The van der Waals surface area contributed by atoms with E-state index in [1.807, 2.05) is 13.1 Å². The Hall–Kier alpha value is -1.94. The molecule has 104 valence electrons. The highest BCUT2D eigenvalue weighted by Crippen LogP contribution is 2.35. The number of benzene rings is 2. The molecule has 1 aliphatic rings. The van der Waals surface area contributed by atoms with Gasteiger partial charge >= 0.3 is 0 Å². The summed E-state index contributed by atoms with van der Waals surface area (Å²) in [6.45, 7) is 1.48. The summed E-state index contributed by atoms with van der Waals surface area (Å²) in [6, 6.07) is 9.28. The fraction of sp³-hybridized carbons (Fsp3) is 0.250. The van der Waals surface area contributed by atoms with E-state index in [4.69, 9.17) is 0 Å². The average Bonchev–Trinajstić information content (AvgIpc) is 2.40. The number of rotatable bonds is 1. The maximum absolute atomic E-state index is 13.4. The van der Waals surface area contributed by atoms with Crippen LogP contribution >= 0.6 is 0 Å². The molecule has 0 amide bonds. The van der Waals surface area contributed by atoms with Crippen LogP contribution in [0.1, 0.15) is 22.6 Å². The van der Waals surface area contributed by atoms with E-state index < -0.39 is 11.6 Å². The van der Waals surface area contributed by atoms with Crippen LogP contribution in [0.4, 0.5) is 8.78 Å². The van der Waals surface area contributed by atoms with E-state index in [-0.39, 0.29) is 11.7 Å². The summed E-state index contributed by atoms with van der Waals surface area (Å²) >= 11 is 0. The number of phenolic OH excluding ortho intramolecular Hbond substituents is 1. The summed E-state index contributed by atoms with van der Waals surface area (Å²) in [5, 5.41) is 9.58. The van der Waals surface area contributed by atoms with Gasteiger partial charge in [0.1, 0.15) is 5.75 Å². The first-order chi connectivity index (χ1) is 9.54. The van der Waals surface area contributed by atoms with E-state index in [0.29, 0.717) is 0 Å². The van der Waals surface area contributed by atoms with Gasteiger partial charge in [0.15, 0.2) is 11.6 Å². The topological polar surface area (TPSA) is 23.5 Å². The molecule has 3 rings (SSSR count). The van der Waals surface area contributed by atoms with Crippen LogP contribution in [0.3, 0.4) is 0 Å². The van der Waals surface area contributed by atoms with Gasteiger partial charge in [-0.3, -0.25) is 0 Å². The van der Waals surface area contributed by atoms with E-state index in [2.05, 4.69) is 4.90 Å². The Bertz CT molecular complexity index is 657. The Morgan fingerprint density at radius 1 is 1.10 bits per heavy atom. The Kier molecular flexibility index (Phi) is 3.18. The maximum Gasteiger partial charge on any atom is 0.159 e. The number of hydrogen-bond donors (Lipinski definition) is 1. The lowest BCUT2D eigenvalue weighted by molar-refractivity contribution is 0.294. The second-order valence-electron chi connectivity index (χ2n) is 5.31. The Balaban J connectivity index is 2.08. The van der Waals surface area contributed by atoms with Crippen LogP contribution in [-0.2, 0) is 6.54 Å². The lowest BCUT2D eigenvalue weighted by Gasteiger charge is -2.32. The molecule has 20 heavy (non-hydrogen) atoms. The van der Waals surface area contributed by atoms with Gasteiger partial charge in [0.2, 0.25) is 0 Å². The van der Waals surface area contributed by atoms with Crippen molar-refractivity contribution in [3.05, 3.63) is 64.7 Å². The van der Waals surface area contributed by atoms with Crippen LogP contribution in [0.5, 0.6) is 5.75 Å². The highest BCUT2D eigenvalue weighted by Gasteiger charge is 2.25. The van der Waals surface area contributed by atoms with Gasteiger partial charge in [-0.1, -0.05) is 12.1 Å². The second-order valence-corrected chi connectivity index (χ2v) is 5.31. The van der Waals surface area contributed by atoms with Crippen molar-refractivity contribution >= 4 is 0 Å². The lowest BCUT2D eigenvalue weighted by Crippen LogP contribution is -2.31. The second kappa shape index (κ2) is 4.87. The third-order valence-electron chi connectivity index (χ3n) is 3.78. The van der Waals surface area contributed by atoms with Gasteiger partial charge in [-0.2, -0.15) is 0 Å². The molecule has 0 saturated heterocycles. The fourth-order valence-electron chi connectivity index (χ4n) is 2.85. The van der Waals surface area contributed by atoms with E-state index in [1.54, 1.807) is 18.2 Å². The van der Waals surface area contributed by atoms with Crippen LogP contribution in [0.15, 0.2) is 36.4 Å². The van der Waals surface area contributed by atoms with Crippen LogP contribution in [0.2, 0.25) is 0 Å². The number of likely N-dealkylation sites (N-methyl/N-ethyl adjacent to an activating group) is 1. The molecule has 0 radical (unpaired) electrons. The van der Waals surface area contributed by atoms with Crippen LogP contribution in [-0.4, -0.2) is 23.6 Å². The molecule has 0 spiro atoms. The molecule has 0 aliphatic carbocycles. The monoisotopic (exact) mass is 275 g/mol. The standard InChI is InChI=1S/C16H15F2NO/c1-19-8-11-6-12(20)3-4-13(11)14(9-19)10-2-5-15(17)16(18)7-10/h2-7,14,20H,8-9H2,1H3/t14-/m0/s1. The number of phenols is 1. The molecule has 0 saturated carbocycles. The van der Waals surface area contributed by atoms with Crippen LogP contribution in [0, 0.1) is 11.6 Å². The van der Waals surface area contributed by atoms with E-state index in [0.717, 1.165) is 29.8 Å². The Morgan fingerprint density at radius 2 is 1.90 bits per heavy atom. The molecule has 2 aromatic rings. The third kappa shape index (κ3) is 2.27. The first-order valence-corrected chi connectivity index (χ1v) is 6.50. The molecule has 2 aromatic carbocycles. The summed E-state index contributed by atoms with van der Waals surface area (Å²) < 4.78 is 26.5. The van der Waals surface area contributed by atoms with Crippen LogP contribution < -0.4 is 0 Å². The van der Waals surface area contributed by atoms with Crippen molar-refractivity contribution in [2.45, 2.75) is 12.5 Å². The predicted octanol–water partition coefficient (Wildman–Crippen LogP) is 3.25. The Labute approximate surface area is 116 Å². The fourth-order valence-corrected chi connectivity index (χ4v) is 2.85. The van der Waals surface area contributed by atoms with Gasteiger partial charge in [0.05, 0.1) is 0 Å². The van der Waals surface area contributed by atoms with E-state index >= 15 is 0 Å². The summed E-state index contributed by atoms with van der Waals surface area (Å²) in [5.41, 5.74) is 2.84. The Morgan fingerprint density at radius 3 is 2.65 bits per heavy atom. The number of halogens is 2. The summed E-state index contributed by atoms with van der Waals surface area (Å²) in [7, 11) is 1.97. The highest BCUT2D eigenvalue weighted by molar-refractivity contribution is 5.43. The molecule has 0 fully saturated rings. The molecule has 0 bridgehead atoms. The number of nitrogens with zero attached hydrogens (tertiary/aromatic N) is 1. The van der Waals surface area contributed by atoms with Crippen molar-refractivity contribution in [3.63, 3.8) is 0 Å². The first kappa shape index (κ1) is 13.1.